The van der Waals surface area contributed by atoms with Crippen LogP contribution in [0.1, 0.15) is 10.4 Å². The molecular weight excluding hydrogens is 280 g/mol. The Kier molecular flexibility index (Phi) is 3.71. The molecule has 0 bridgehead atoms. The van der Waals surface area contributed by atoms with Gasteiger partial charge in [0.2, 0.25) is 0 Å². The van der Waals surface area contributed by atoms with Crippen LogP contribution in [-0.4, -0.2) is 27.4 Å². The predicted octanol–water partition coefficient (Wildman–Crippen LogP) is 2.04. The summed E-state index contributed by atoms with van der Waals surface area (Å²) in [6.45, 7) is 0. The van der Waals surface area contributed by atoms with E-state index in [9.17, 15) is 14.1 Å². The highest BCUT2D eigenvalue weighted by atomic mass is 32.2. The van der Waals surface area contributed by atoms with Crippen molar-refractivity contribution >= 4 is 15.7 Å². The molecule has 20 heavy (non-hydrogen) atoms. The van der Waals surface area contributed by atoms with Crippen LogP contribution in [0.25, 0.3) is 0 Å². The van der Waals surface area contributed by atoms with Crippen molar-refractivity contribution in [2.24, 2.45) is 0 Å². The second kappa shape index (κ2) is 5.30. The number of aromatic hydroxyl groups is 1. The number of methoxy groups -OCH3 is 1. The summed E-state index contributed by atoms with van der Waals surface area (Å²) in [5.41, 5.74) is 0.293. The molecular formula is C13H12N2O4S. The Labute approximate surface area is 116 Å². The van der Waals surface area contributed by atoms with Gasteiger partial charge in [-0.3, -0.25) is 4.98 Å². The Morgan fingerprint density at radius 1 is 1.30 bits per heavy atom. The molecule has 2 rings (SSSR count). The molecule has 0 spiro atoms. The van der Waals surface area contributed by atoms with Crippen molar-refractivity contribution in [3.8, 4) is 5.75 Å². The molecule has 1 unspecified atom stereocenters. The largest absolute Gasteiger partial charge is 0.507 e. The molecule has 0 saturated heterocycles. The average Bonchev–Trinajstić information content (AvgIpc) is 2.47. The Morgan fingerprint density at radius 2 is 1.95 bits per heavy atom. The molecule has 0 aliphatic heterocycles. The van der Waals surface area contributed by atoms with E-state index in [0.717, 1.165) is 0 Å². The zero-order valence-electron chi connectivity index (χ0n) is 10.6. The number of hydrogen-bond acceptors (Lipinski definition) is 6. The van der Waals surface area contributed by atoms with Gasteiger partial charge in [-0.15, -0.1) is 0 Å². The fraction of sp³-hybridized carbons (Fsp3) is 0.0769. The number of aromatic nitrogens is 1. The highest BCUT2D eigenvalue weighted by molar-refractivity contribution is 7.92. The Bertz CT molecular complexity index is 739. The minimum Gasteiger partial charge on any atom is -0.507 e. The number of hydrogen-bond donors (Lipinski definition) is 2. The number of nitrogens with one attached hydrogen (secondary N) is 1. The molecule has 1 aromatic heterocycles. The maximum absolute atomic E-state index is 12.5. The predicted molar refractivity (Wildman–Crippen MR) is 71.1 cm³/mol. The van der Waals surface area contributed by atoms with Gasteiger partial charge in [0.05, 0.1) is 17.6 Å². The van der Waals surface area contributed by atoms with Gasteiger partial charge in [-0.05, 0) is 30.3 Å². The fourth-order valence-electron chi connectivity index (χ4n) is 1.62. The zero-order valence-corrected chi connectivity index (χ0v) is 11.4. The van der Waals surface area contributed by atoms with E-state index < -0.39 is 15.7 Å². The second-order valence-corrected chi connectivity index (χ2v) is 5.94. The Hall–Kier alpha value is -2.41. The number of pyridine rings is 1. The third kappa shape index (κ3) is 2.48. The minimum absolute atomic E-state index is 0.0641. The van der Waals surface area contributed by atoms with E-state index in [2.05, 4.69) is 9.72 Å². The number of esters is 1. The van der Waals surface area contributed by atoms with Crippen LogP contribution in [0.5, 0.6) is 5.75 Å². The molecule has 6 nitrogen and oxygen atoms in total. The third-order valence-corrected chi connectivity index (χ3v) is 4.55. The SMILES string of the molecule is COC(=O)c1ccc(S(=N)(=O)c2cnccc2O)cc1. The summed E-state index contributed by atoms with van der Waals surface area (Å²) in [4.78, 5) is 15.2. The number of carbonyl (C=O) groups is 1. The van der Waals surface area contributed by atoms with Crippen molar-refractivity contribution in [1.82, 2.24) is 4.98 Å². The van der Waals surface area contributed by atoms with Crippen molar-refractivity contribution in [1.29, 1.82) is 4.78 Å². The summed E-state index contributed by atoms with van der Waals surface area (Å²) in [7, 11) is -2.12. The van der Waals surface area contributed by atoms with Crippen LogP contribution in [0.2, 0.25) is 0 Å². The highest BCUT2D eigenvalue weighted by Gasteiger charge is 2.18. The Balaban J connectivity index is 2.46. The number of ether oxygens (including phenoxy) is 1. The molecule has 0 aliphatic rings. The molecule has 7 heteroatoms. The van der Waals surface area contributed by atoms with Crippen LogP contribution >= 0.6 is 0 Å². The van der Waals surface area contributed by atoms with Crippen molar-refractivity contribution in [3.05, 3.63) is 48.3 Å². The lowest BCUT2D eigenvalue weighted by Crippen LogP contribution is -2.04. The summed E-state index contributed by atoms with van der Waals surface area (Å²) < 4.78 is 25.1. The molecule has 0 aliphatic carbocycles. The molecule has 104 valence electrons. The third-order valence-electron chi connectivity index (χ3n) is 2.68. The van der Waals surface area contributed by atoms with Gasteiger partial charge in [0.1, 0.15) is 20.4 Å². The summed E-state index contributed by atoms with van der Waals surface area (Å²) in [5, 5.41) is 9.68. The maximum Gasteiger partial charge on any atom is 0.337 e. The van der Waals surface area contributed by atoms with E-state index in [1.165, 1.54) is 49.8 Å². The summed E-state index contributed by atoms with van der Waals surface area (Å²) in [6.07, 6.45) is 2.54. The molecule has 2 N–H and O–H groups in total. The van der Waals surface area contributed by atoms with Gasteiger partial charge in [-0.25, -0.2) is 13.8 Å². The second-order valence-electron chi connectivity index (χ2n) is 3.92. The smallest absolute Gasteiger partial charge is 0.337 e. The monoisotopic (exact) mass is 292 g/mol. The van der Waals surface area contributed by atoms with Crippen molar-refractivity contribution < 1.29 is 18.8 Å². The maximum atomic E-state index is 12.5. The van der Waals surface area contributed by atoms with Gasteiger partial charge >= 0.3 is 5.97 Å². The van der Waals surface area contributed by atoms with E-state index in [1.807, 2.05) is 0 Å². The Morgan fingerprint density at radius 3 is 2.50 bits per heavy atom. The van der Waals surface area contributed by atoms with Crippen LogP contribution < -0.4 is 0 Å². The summed E-state index contributed by atoms with van der Waals surface area (Å²) in [5.74, 6) is -0.769. The number of benzene rings is 1. The van der Waals surface area contributed by atoms with Crippen LogP contribution in [0.3, 0.4) is 0 Å². The topological polar surface area (TPSA) is 100 Å². The van der Waals surface area contributed by atoms with E-state index in [0.29, 0.717) is 5.56 Å². The van der Waals surface area contributed by atoms with Gasteiger partial charge in [0.25, 0.3) is 0 Å². The quantitative estimate of drug-likeness (QED) is 0.843. The van der Waals surface area contributed by atoms with Crippen LogP contribution in [0.15, 0.2) is 52.5 Å². The van der Waals surface area contributed by atoms with E-state index in [-0.39, 0.29) is 15.5 Å². The first kappa shape index (κ1) is 14.0. The average molecular weight is 292 g/mol. The van der Waals surface area contributed by atoms with Gasteiger partial charge in [0, 0.05) is 12.4 Å². The first-order valence-electron chi connectivity index (χ1n) is 5.57. The first-order valence-corrected chi connectivity index (χ1v) is 7.13. The molecule has 1 atom stereocenters. The number of rotatable bonds is 3. The van der Waals surface area contributed by atoms with Gasteiger partial charge in [0.15, 0.2) is 0 Å². The lowest BCUT2D eigenvalue weighted by molar-refractivity contribution is 0.0600. The standard InChI is InChI=1S/C13H12N2O4S/c1-19-13(17)9-2-4-10(5-3-9)20(14,18)12-8-15-7-6-11(12)16/h2-8,14H,1H3,(H,15,16). The van der Waals surface area contributed by atoms with E-state index in [4.69, 9.17) is 4.78 Å². The number of carbonyl (C=O) groups excluding carboxylic acids is 1. The molecule has 0 amide bonds. The van der Waals surface area contributed by atoms with Gasteiger partial charge in [-0.2, -0.15) is 0 Å². The molecule has 0 radical (unpaired) electrons. The minimum atomic E-state index is -3.38. The number of nitrogens with zero attached hydrogens (tertiary/aromatic N) is 1. The van der Waals surface area contributed by atoms with E-state index >= 15 is 0 Å². The summed E-state index contributed by atoms with van der Waals surface area (Å²) in [6, 6.07) is 6.90. The van der Waals surface area contributed by atoms with Crippen LogP contribution in [0.4, 0.5) is 0 Å². The molecule has 1 heterocycles. The van der Waals surface area contributed by atoms with Crippen LogP contribution in [-0.2, 0) is 14.5 Å². The molecule has 1 aromatic carbocycles. The molecule has 2 aromatic rings. The van der Waals surface area contributed by atoms with E-state index in [1.54, 1.807) is 0 Å². The lowest BCUT2D eigenvalue weighted by Gasteiger charge is -2.09. The highest BCUT2D eigenvalue weighted by Crippen LogP contribution is 2.28. The normalized spacial score (nSPS) is 13.4. The first-order chi connectivity index (χ1) is 9.46. The fourth-order valence-corrected chi connectivity index (χ4v) is 2.97. The van der Waals surface area contributed by atoms with Crippen molar-refractivity contribution in [2.45, 2.75) is 9.79 Å². The van der Waals surface area contributed by atoms with Gasteiger partial charge in [-0.1, -0.05) is 0 Å². The van der Waals surface area contributed by atoms with Crippen molar-refractivity contribution in [3.63, 3.8) is 0 Å². The zero-order chi connectivity index (χ0) is 14.8. The molecule has 0 saturated carbocycles. The van der Waals surface area contributed by atoms with Gasteiger partial charge < -0.3 is 9.84 Å². The van der Waals surface area contributed by atoms with Crippen LogP contribution in [0, 0.1) is 4.78 Å². The lowest BCUT2D eigenvalue weighted by atomic mass is 10.2. The van der Waals surface area contributed by atoms with Crippen molar-refractivity contribution in [2.75, 3.05) is 7.11 Å². The summed E-state index contributed by atoms with van der Waals surface area (Å²) >= 11 is 0. The molecule has 0 fully saturated rings.